The van der Waals surface area contributed by atoms with Crippen LogP contribution in [0.25, 0.3) is 0 Å². The summed E-state index contributed by atoms with van der Waals surface area (Å²) < 4.78 is 5.49. The Labute approximate surface area is 118 Å². The van der Waals surface area contributed by atoms with Gasteiger partial charge in [0.15, 0.2) is 0 Å². The number of aromatic nitrogens is 2. The topological polar surface area (TPSA) is 55.2 Å². The SMILES string of the molecule is Cc1cnc(C(O)CCc2ccc3c(c2)CCO3)cn1. The quantitative estimate of drug-likeness (QED) is 0.926. The van der Waals surface area contributed by atoms with E-state index in [2.05, 4.69) is 22.1 Å². The van der Waals surface area contributed by atoms with Crippen molar-refractivity contribution in [2.24, 2.45) is 0 Å². The second-order valence-corrected chi connectivity index (χ2v) is 5.18. The van der Waals surface area contributed by atoms with Crippen LogP contribution in [-0.4, -0.2) is 21.7 Å². The van der Waals surface area contributed by atoms with Crippen molar-refractivity contribution < 1.29 is 9.84 Å². The highest BCUT2D eigenvalue weighted by Crippen LogP contribution is 2.27. The molecule has 104 valence electrons. The van der Waals surface area contributed by atoms with Gasteiger partial charge in [0.1, 0.15) is 5.75 Å². The summed E-state index contributed by atoms with van der Waals surface area (Å²) in [5, 5.41) is 10.1. The van der Waals surface area contributed by atoms with Crippen LogP contribution in [0.1, 0.15) is 35.0 Å². The Hall–Kier alpha value is -1.94. The van der Waals surface area contributed by atoms with Gasteiger partial charge in [0.25, 0.3) is 0 Å². The molecule has 0 radical (unpaired) electrons. The summed E-state index contributed by atoms with van der Waals surface area (Å²) in [5.74, 6) is 0.999. The fraction of sp³-hybridized carbons (Fsp3) is 0.375. The van der Waals surface area contributed by atoms with Gasteiger partial charge >= 0.3 is 0 Å². The molecular formula is C16H18N2O2. The van der Waals surface area contributed by atoms with E-state index in [1.807, 2.05) is 13.0 Å². The van der Waals surface area contributed by atoms with Crippen LogP contribution in [0, 0.1) is 6.92 Å². The maximum Gasteiger partial charge on any atom is 0.122 e. The lowest BCUT2D eigenvalue weighted by atomic mass is 10.0. The summed E-state index contributed by atoms with van der Waals surface area (Å²) >= 11 is 0. The largest absolute Gasteiger partial charge is 0.493 e. The second kappa shape index (κ2) is 5.59. The summed E-state index contributed by atoms with van der Waals surface area (Å²) in [7, 11) is 0. The van der Waals surface area contributed by atoms with Crippen LogP contribution < -0.4 is 4.74 Å². The molecule has 1 unspecified atom stereocenters. The van der Waals surface area contributed by atoms with E-state index >= 15 is 0 Å². The zero-order chi connectivity index (χ0) is 13.9. The number of hydrogen-bond acceptors (Lipinski definition) is 4. The molecule has 0 saturated heterocycles. The first kappa shape index (κ1) is 13.1. The van der Waals surface area contributed by atoms with Crippen LogP contribution in [-0.2, 0) is 12.8 Å². The molecule has 0 fully saturated rings. The minimum atomic E-state index is -0.562. The Morgan fingerprint density at radius 3 is 3.00 bits per heavy atom. The summed E-state index contributed by atoms with van der Waals surface area (Å²) in [4.78, 5) is 8.38. The van der Waals surface area contributed by atoms with Crippen molar-refractivity contribution in [1.82, 2.24) is 9.97 Å². The number of fused-ring (bicyclic) bond motifs is 1. The van der Waals surface area contributed by atoms with Crippen LogP contribution in [0.15, 0.2) is 30.6 Å². The first-order valence-corrected chi connectivity index (χ1v) is 6.93. The summed E-state index contributed by atoms with van der Waals surface area (Å²) in [6.07, 6.45) is 5.23. The van der Waals surface area contributed by atoms with Crippen LogP contribution >= 0.6 is 0 Å². The minimum absolute atomic E-state index is 0.562. The van der Waals surface area contributed by atoms with Gasteiger partial charge in [0.05, 0.1) is 30.3 Å². The highest BCUT2D eigenvalue weighted by molar-refractivity contribution is 5.39. The number of rotatable bonds is 4. The van der Waals surface area contributed by atoms with Gasteiger partial charge in [-0.05, 0) is 37.0 Å². The predicted octanol–water partition coefficient (Wildman–Crippen LogP) is 2.39. The van der Waals surface area contributed by atoms with Gasteiger partial charge < -0.3 is 9.84 Å². The van der Waals surface area contributed by atoms with Crippen molar-refractivity contribution in [1.29, 1.82) is 0 Å². The van der Waals surface area contributed by atoms with E-state index in [1.54, 1.807) is 12.4 Å². The molecule has 0 saturated carbocycles. The normalized spacial score (nSPS) is 14.7. The number of nitrogens with zero attached hydrogens (tertiary/aromatic N) is 2. The molecule has 0 spiro atoms. The zero-order valence-corrected chi connectivity index (χ0v) is 11.5. The lowest BCUT2D eigenvalue weighted by Gasteiger charge is -2.10. The molecule has 0 amide bonds. The Bertz CT molecular complexity index is 596. The fourth-order valence-corrected chi connectivity index (χ4v) is 2.42. The Morgan fingerprint density at radius 2 is 2.20 bits per heavy atom. The van der Waals surface area contributed by atoms with E-state index in [4.69, 9.17) is 4.74 Å². The van der Waals surface area contributed by atoms with Crippen molar-refractivity contribution >= 4 is 0 Å². The highest BCUT2D eigenvalue weighted by Gasteiger charge is 2.13. The van der Waals surface area contributed by atoms with Crippen LogP contribution in [0.5, 0.6) is 5.75 Å². The number of aryl methyl sites for hydroxylation is 2. The molecule has 1 aromatic carbocycles. The van der Waals surface area contributed by atoms with Gasteiger partial charge in [-0.25, -0.2) is 0 Å². The number of hydrogen-bond donors (Lipinski definition) is 1. The Morgan fingerprint density at radius 1 is 1.30 bits per heavy atom. The molecule has 4 nitrogen and oxygen atoms in total. The molecule has 20 heavy (non-hydrogen) atoms. The van der Waals surface area contributed by atoms with E-state index in [-0.39, 0.29) is 0 Å². The number of benzene rings is 1. The maximum atomic E-state index is 10.1. The lowest BCUT2D eigenvalue weighted by molar-refractivity contribution is 0.162. The number of ether oxygens (including phenoxy) is 1. The van der Waals surface area contributed by atoms with Crippen molar-refractivity contribution in [3.8, 4) is 5.75 Å². The fourth-order valence-electron chi connectivity index (χ4n) is 2.42. The van der Waals surface area contributed by atoms with Gasteiger partial charge in [0, 0.05) is 12.6 Å². The highest BCUT2D eigenvalue weighted by atomic mass is 16.5. The standard InChI is InChI=1S/C16H18N2O2/c1-11-9-18-14(10-17-11)15(19)4-2-12-3-5-16-13(8-12)6-7-20-16/h3,5,8-10,15,19H,2,4,6-7H2,1H3. The van der Waals surface area contributed by atoms with Crippen LogP contribution in [0.2, 0.25) is 0 Å². The van der Waals surface area contributed by atoms with E-state index in [1.165, 1.54) is 11.1 Å². The summed E-state index contributed by atoms with van der Waals surface area (Å²) in [6, 6.07) is 6.27. The molecule has 3 rings (SSSR count). The molecule has 2 heterocycles. The van der Waals surface area contributed by atoms with Crippen molar-refractivity contribution in [3.05, 3.63) is 53.1 Å². The van der Waals surface area contributed by atoms with E-state index in [9.17, 15) is 5.11 Å². The van der Waals surface area contributed by atoms with Gasteiger partial charge in [0.2, 0.25) is 0 Å². The van der Waals surface area contributed by atoms with Crippen molar-refractivity contribution in [3.63, 3.8) is 0 Å². The van der Waals surface area contributed by atoms with Crippen LogP contribution in [0.3, 0.4) is 0 Å². The summed E-state index contributed by atoms with van der Waals surface area (Å²) in [6.45, 7) is 2.66. The van der Waals surface area contributed by atoms with Gasteiger partial charge in [-0.15, -0.1) is 0 Å². The smallest absolute Gasteiger partial charge is 0.122 e. The van der Waals surface area contributed by atoms with E-state index in [0.29, 0.717) is 12.1 Å². The third-order valence-corrected chi connectivity index (χ3v) is 3.60. The Balaban J connectivity index is 1.63. The molecule has 1 aromatic heterocycles. The number of aliphatic hydroxyl groups is 1. The van der Waals surface area contributed by atoms with Crippen LogP contribution in [0.4, 0.5) is 0 Å². The van der Waals surface area contributed by atoms with Gasteiger partial charge in [-0.3, -0.25) is 9.97 Å². The third kappa shape index (κ3) is 2.80. The molecule has 1 aliphatic rings. The van der Waals surface area contributed by atoms with Gasteiger partial charge in [-0.1, -0.05) is 12.1 Å². The second-order valence-electron chi connectivity index (χ2n) is 5.18. The first-order valence-electron chi connectivity index (χ1n) is 6.93. The maximum absolute atomic E-state index is 10.1. The van der Waals surface area contributed by atoms with E-state index in [0.717, 1.165) is 30.9 Å². The third-order valence-electron chi connectivity index (χ3n) is 3.60. The molecule has 4 heteroatoms. The summed E-state index contributed by atoms with van der Waals surface area (Å²) in [5.41, 5.74) is 4.00. The molecule has 0 bridgehead atoms. The van der Waals surface area contributed by atoms with E-state index < -0.39 is 6.10 Å². The molecule has 0 aliphatic carbocycles. The number of aliphatic hydroxyl groups excluding tert-OH is 1. The molecule has 2 aromatic rings. The van der Waals surface area contributed by atoms with Crippen molar-refractivity contribution in [2.75, 3.05) is 6.61 Å². The van der Waals surface area contributed by atoms with Crippen molar-refractivity contribution in [2.45, 2.75) is 32.3 Å². The first-order chi connectivity index (χ1) is 9.72. The minimum Gasteiger partial charge on any atom is -0.493 e. The molecular weight excluding hydrogens is 252 g/mol. The zero-order valence-electron chi connectivity index (χ0n) is 11.5. The monoisotopic (exact) mass is 270 g/mol. The predicted molar refractivity (Wildman–Crippen MR) is 75.7 cm³/mol. The average Bonchev–Trinajstić information content (AvgIpc) is 2.93. The molecule has 1 aliphatic heterocycles. The molecule has 1 atom stereocenters. The molecule has 1 N–H and O–H groups in total. The van der Waals surface area contributed by atoms with Gasteiger partial charge in [-0.2, -0.15) is 0 Å². The average molecular weight is 270 g/mol. The Kier molecular flexibility index (Phi) is 3.65. The lowest BCUT2D eigenvalue weighted by Crippen LogP contribution is -2.03.